The molecule has 3 N–H and O–H groups in total. The number of amides is 2. The Hall–Kier alpha value is -3.59. The summed E-state index contributed by atoms with van der Waals surface area (Å²) in [6, 6.07) is 16.0. The van der Waals surface area contributed by atoms with Crippen LogP contribution in [0.2, 0.25) is 0 Å². The molecule has 1 aromatic heterocycles. The van der Waals surface area contributed by atoms with Gasteiger partial charge in [0.15, 0.2) is 11.4 Å². The van der Waals surface area contributed by atoms with E-state index in [0.717, 1.165) is 5.69 Å². The first kappa shape index (κ1) is 19.2. The standard InChI is InChI=1S/C19H18N4O4S/c1-26-14-7-9-15(10-8-14)27-12-17(24)21-22-18(25)16-11-20-19(28)23(16)13-5-3-2-4-6-13/h2-11H,12H2,1H3,(H,20,28)(H,21,24)(H,22,25). The van der Waals surface area contributed by atoms with E-state index >= 15 is 0 Å². The first-order valence-electron chi connectivity index (χ1n) is 8.30. The lowest BCUT2D eigenvalue weighted by molar-refractivity contribution is -0.123. The van der Waals surface area contributed by atoms with Crippen molar-refractivity contribution < 1.29 is 19.1 Å². The quantitative estimate of drug-likeness (QED) is 0.438. The normalized spacial score (nSPS) is 10.2. The minimum Gasteiger partial charge on any atom is -0.497 e. The highest BCUT2D eigenvalue weighted by Crippen LogP contribution is 2.16. The van der Waals surface area contributed by atoms with Crippen molar-refractivity contribution >= 4 is 24.0 Å². The second-order valence-electron chi connectivity index (χ2n) is 5.62. The molecular formula is C19H18N4O4S. The number of H-pyrrole nitrogens is 1. The number of imidazole rings is 1. The third-order valence-corrected chi connectivity index (χ3v) is 4.07. The monoisotopic (exact) mass is 398 g/mol. The van der Waals surface area contributed by atoms with Crippen LogP contribution < -0.4 is 20.3 Å². The van der Waals surface area contributed by atoms with Crippen LogP contribution in [0.1, 0.15) is 10.5 Å². The second kappa shape index (κ2) is 8.87. The number of hydrazine groups is 1. The Balaban J connectivity index is 1.57. The summed E-state index contributed by atoms with van der Waals surface area (Å²) in [6.45, 7) is -0.259. The highest BCUT2D eigenvalue weighted by atomic mass is 32.1. The number of para-hydroxylation sites is 1. The number of ether oxygens (including phenoxy) is 2. The van der Waals surface area contributed by atoms with Crippen molar-refractivity contribution in [2.45, 2.75) is 0 Å². The Kier molecular flexibility index (Phi) is 6.07. The molecule has 3 rings (SSSR count). The molecule has 9 heteroatoms. The minimum absolute atomic E-state index is 0.257. The van der Waals surface area contributed by atoms with Gasteiger partial charge < -0.3 is 14.5 Å². The molecule has 0 saturated carbocycles. The van der Waals surface area contributed by atoms with Crippen molar-refractivity contribution in [3.05, 3.63) is 71.3 Å². The number of hydrogen-bond acceptors (Lipinski definition) is 5. The lowest BCUT2D eigenvalue weighted by atomic mass is 10.3. The van der Waals surface area contributed by atoms with Gasteiger partial charge in [-0.15, -0.1) is 0 Å². The molecule has 28 heavy (non-hydrogen) atoms. The van der Waals surface area contributed by atoms with Crippen LogP contribution in [0.3, 0.4) is 0 Å². The fourth-order valence-corrected chi connectivity index (χ4v) is 2.68. The molecule has 0 atom stereocenters. The number of rotatable bonds is 6. The van der Waals surface area contributed by atoms with Crippen LogP contribution in [0.25, 0.3) is 5.69 Å². The number of nitrogens with zero attached hydrogens (tertiary/aromatic N) is 1. The summed E-state index contributed by atoms with van der Waals surface area (Å²) in [7, 11) is 1.56. The summed E-state index contributed by atoms with van der Waals surface area (Å²) >= 11 is 5.23. The Morgan fingerprint density at radius 2 is 1.71 bits per heavy atom. The molecule has 8 nitrogen and oxygen atoms in total. The molecule has 0 unspecified atom stereocenters. The summed E-state index contributed by atoms with van der Waals surface area (Å²) in [6.07, 6.45) is 1.48. The van der Waals surface area contributed by atoms with Gasteiger partial charge in [0.1, 0.15) is 17.2 Å². The molecule has 0 aliphatic carbocycles. The van der Waals surface area contributed by atoms with Gasteiger partial charge in [0.05, 0.1) is 7.11 Å². The van der Waals surface area contributed by atoms with E-state index in [-0.39, 0.29) is 12.3 Å². The molecule has 0 aliphatic heterocycles. The van der Waals surface area contributed by atoms with Gasteiger partial charge in [-0.2, -0.15) is 0 Å². The van der Waals surface area contributed by atoms with Gasteiger partial charge in [-0.1, -0.05) is 18.2 Å². The van der Waals surface area contributed by atoms with Gasteiger partial charge >= 0.3 is 0 Å². The van der Waals surface area contributed by atoms with Crippen molar-refractivity contribution in [2.24, 2.45) is 0 Å². The number of carbonyl (C=O) groups excluding carboxylic acids is 2. The zero-order valence-electron chi connectivity index (χ0n) is 15.0. The lowest BCUT2D eigenvalue weighted by Gasteiger charge is -2.11. The van der Waals surface area contributed by atoms with E-state index < -0.39 is 11.8 Å². The predicted molar refractivity (Wildman–Crippen MR) is 105 cm³/mol. The topological polar surface area (TPSA) is 97.4 Å². The Bertz CT molecular complexity index is 1010. The van der Waals surface area contributed by atoms with Gasteiger partial charge in [-0.05, 0) is 48.6 Å². The largest absolute Gasteiger partial charge is 0.497 e. The van der Waals surface area contributed by atoms with Gasteiger partial charge in [0.2, 0.25) is 0 Å². The van der Waals surface area contributed by atoms with Crippen molar-refractivity contribution in [3.8, 4) is 17.2 Å². The third-order valence-electron chi connectivity index (χ3n) is 3.77. The number of benzene rings is 2. The van der Waals surface area contributed by atoms with Gasteiger partial charge in [-0.3, -0.25) is 25.0 Å². The van der Waals surface area contributed by atoms with Gasteiger partial charge in [-0.25, -0.2) is 0 Å². The highest BCUT2D eigenvalue weighted by molar-refractivity contribution is 7.71. The number of aromatic amines is 1. The number of methoxy groups -OCH3 is 1. The molecule has 2 aromatic carbocycles. The van der Waals surface area contributed by atoms with Gasteiger partial charge in [0.25, 0.3) is 11.8 Å². The molecule has 3 aromatic rings. The van der Waals surface area contributed by atoms with Crippen LogP contribution in [-0.4, -0.2) is 35.1 Å². The number of hydrogen-bond donors (Lipinski definition) is 3. The van der Waals surface area contributed by atoms with Crippen molar-refractivity contribution in [3.63, 3.8) is 0 Å². The molecular weight excluding hydrogens is 380 g/mol. The Morgan fingerprint density at radius 3 is 2.39 bits per heavy atom. The average molecular weight is 398 g/mol. The summed E-state index contributed by atoms with van der Waals surface area (Å²) < 4.78 is 12.3. The van der Waals surface area contributed by atoms with Crippen molar-refractivity contribution in [1.82, 2.24) is 20.4 Å². The van der Waals surface area contributed by atoms with E-state index in [4.69, 9.17) is 21.7 Å². The molecule has 1 heterocycles. The molecule has 0 saturated heterocycles. The molecule has 144 valence electrons. The summed E-state index contributed by atoms with van der Waals surface area (Å²) in [5, 5.41) is 0. The van der Waals surface area contributed by atoms with Crippen LogP contribution in [0.15, 0.2) is 60.8 Å². The maximum Gasteiger partial charge on any atom is 0.288 e. The zero-order valence-corrected chi connectivity index (χ0v) is 15.8. The van der Waals surface area contributed by atoms with E-state index in [1.165, 1.54) is 6.20 Å². The van der Waals surface area contributed by atoms with E-state index in [1.807, 2.05) is 30.3 Å². The SMILES string of the molecule is COc1ccc(OCC(=O)NNC(=O)c2c[nH]c(=S)n2-c2ccccc2)cc1. The lowest BCUT2D eigenvalue weighted by Crippen LogP contribution is -2.44. The highest BCUT2D eigenvalue weighted by Gasteiger charge is 2.15. The molecule has 0 spiro atoms. The van der Waals surface area contributed by atoms with E-state index in [0.29, 0.717) is 16.3 Å². The van der Waals surface area contributed by atoms with Gasteiger partial charge in [0, 0.05) is 11.9 Å². The Labute approximate surface area is 166 Å². The smallest absolute Gasteiger partial charge is 0.288 e. The Morgan fingerprint density at radius 1 is 1.04 bits per heavy atom. The fourth-order valence-electron chi connectivity index (χ4n) is 2.42. The maximum absolute atomic E-state index is 12.4. The van der Waals surface area contributed by atoms with Crippen LogP contribution in [0.5, 0.6) is 11.5 Å². The molecule has 0 bridgehead atoms. The second-order valence-corrected chi connectivity index (χ2v) is 6.00. The maximum atomic E-state index is 12.4. The van der Waals surface area contributed by atoms with Crippen LogP contribution in [-0.2, 0) is 4.79 Å². The molecule has 2 amide bonds. The van der Waals surface area contributed by atoms with Crippen LogP contribution in [0, 0.1) is 4.77 Å². The minimum atomic E-state index is -0.519. The number of carbonyl (C=O) groups is 2. The van der Waals surface area contributed by atoms with Crippen LogP contribution in [0.4, 0.5) is 0 Å². The summed E-state index contributed by atoms with van der Waals surface area (Å²) in [5.74, 6) is 0.160. The third kappa shape index (κ3) is 4.57. The van der Waals surface area contributed by atoms with Crippen LogP contribution >= 0.6 is 12.2 Å². The predicted octanol–water partition coefficient (Wildman–Crippen LogP) is 2.38. The van der Waals surface area contributed by atoms with E-state index in [9.17, 15) is 9.59 Å². The summed E-state index contributed by atoms with van der Waals surface area (Å²) in [5.41, 5.74) is 5.65. The molecule has 0 fully saturated rings. The zero-order chi connectivity index (χ0) is 19.9. The fraction of sp³-hybridized carbons (Fsp3) is 0.105. The summed E-state index contributed by atoms with van der Waals surface area (Å²) in [4.78, 5) is 27.2. The number of aromatic nitrogens is 2. The van der Waals surface area contributed by atoms with E-state index in [1.54, 1.807) is 35.9 Å². The average Bonchev–Trinajstić information content (AvgIpc) is 3.13. The molecule has 0 aliphatic rings. The first-order valence-corrected chi connectivity index (χ1v) is 8.71. The van der Waals surface area contributed by atoms with E-state index in [2.05, 4.69) is 15.8 Å². The molecule has 0 radical (unpaired) electrons. The number of nitrogens with one attached hydrogen (secondary N) is 3. The first-order chi connectivity index (χ1) is 13.6. The van der Waals surface area contributed by atoms with Crippen molar-refractivity contribution in [2.75, 3.05) is 13.7 Å². The van der Waals surface area contributed by atoms with Crippen molar-refractivity contribution in [1.29, 1.82) is 0 Å².